The topological polar surface area (TPSA) is 69.6 Å². The van der Waals surface area contributed by atoms with E-state index >= 15 is 0 Å². The van der Waals surface area contributed by atoms with Gasteiger partial charge in [0.15, 0.2) is 0 Å². The van der Waals surface area contributed by atoms with Gasteiger partial charge in [-0.2, -0.15) is 0 Å². The first-order valence-electron chi connectivity index (χ1n) is 8.33. The summed E-state index contributed by atoms with van der Waals surface area (Å²) in [5, 5.41) is 12.3. The van der Waals surface area contributed by atoms with Crippen LogP contribution in [0.2, 0.25) is 0 Å². The summed E-state index contributed by atoms with van der Waals surface area (Å²) in [6.07, 6.45) is 7.01. The predicted molar refractivity (Wildman–Crippen MR) is 81.0 cm³/mol. The molecule has 0 spiro atoms. The number of aliphatic carboxylic acids is 1. The third-order valence-electron chi connectivity index (χ3n) is 4.79. The molecule has 0 radical (unpaired) electrons. The van der Waals surface area contributed by atoms with Crippen LogP contribution in [-0.2, 0) is 9.59 Å². The zero-order valence-corrected chi connectivity index (χ0v) is 13.0. The molecule has 2 aliphatic rings. The van der Waals surface area contributed by atoms with Crippen LogP contribution in [0.15, 0.2) is 0 Å². The van der Waals surface area contributed by atoms with Crippen molar-refractivity contribution in [1.29, 1.82) is 0 Å². The second kappa shape index (κ2) is 7.78. The van der Waals surface area contributed by atoms with Gasteiger partial charge in [0.25, 0.3) is 0 Å². The lowest BCUT2D eigenvalue weighted by Crippen LogP contribution is -2.47. The molecule has 0 aromatic carbocycles. The number of hydrogen-bond donors (Lipinski definition) is 2. The third-order valence-corrected chi connectivity index (χ3v) is 4.79. The quantitative estimate of drug-likeness (QED) is 0.812. The monoisotopic (exact) mass is 296 g/mol. The van der Waals surface area contributed by atoms with Crippen LogP contribution in [-0.4, -0.2) is 47.6 Å². The number of rotatable bonds is 5. The van der Waals surface area contributed by atoms with Gasteiger partial charge in [-0.3, -0.25) is 9.59 Å². The van der Waals surface area contributed by atoms with Gasteiger partial charge in [0.05, 0.1) is 11.8 Å². The highest BCUT2D eigenvalue weighted by atomic mass is 16.4. The van der Waals surface area contributed by atoms with Gasteiger partial charge >= 0.3 is 5.97 Å². The number of carbonyl (C=O) groups is 2. The highest BCUT2D eigenvalue weighted by Crippen LogP contribution is 2.30. The summed E-state index contributed by atoms with van der Waals surface area (Å²) >= 11 is 0. The van der Waals surface area contributed by atoms with Gasteiger partial charge in [0, 0.05) is 12.6 Å². The van der Waals surface area contributed by atoms with Crippen LogP contribution in [0.25, 0.3) is 0 Å². The van der Waals surface area contributed by atoms with Gasteiger partial charge < -0.3 is 15.3 Å². The molecule has 21 heavy (non-hydrogen) atoms. The molecule has 120 valence electrons. The number of carboxylic acid groups (broad SMARTS) is 1. The second-order valence-electron chi connectivity index (χ2n) is 6.61. The van der Waals surface area contributed by atoms with E-state index in [2.05, 4.69) is 10.2 Å². The second-order valence-corrected chi connectivity index (χ2v) is 6.61. The van der Waals surface area contributed by atoms with Crippen LogP contribution in [0, 0.1) is 11.8 Å². The van der Waals surface area contributed by atoms with Gasteiger partial charge in [-0.1, -0.05) is 19.3 Å². The Morgan fingerprint density at radius 1 is 1.10 bits per heavy atom. The van der Waals surface area contributed by atoms with Gasteiger partial charge in [-0.15, -0.1) is 0 Å². The zero-order valence-electron chi connectivity index (χ0n) is 13.0. The van der Waals surface area contributed by atoms with Crippen molar-refractivity contribution in [3.8, 4) is 0 Å². The normalized spacial score (nSPS) is 28.8. The van der Waals surface area contributed by atoms with Crippen LogP contribution in [0.3, 0.4) is 0 Å². The molecule has 0 aromatic rings. The number of hydrogen-bond acceptors (Lipinski definition) is 3. The Morgan fingerprint density at radius 3 is 2.33 bits per heavy atom. The Bertz CT molecular complexity index is 367. The first-order chi connectivity index (χ1) is 10.1. The number of carbonyl (C=O) groups excluding carboxylic acids is 1. The zero-order chi connectivity index (χ0) is 15.2. The molecule has 3 atom stereocenters. The lowest BCUT2D eigenvalue weighted by atomic mass is 9.78. The molecule has 1 saturated heterocycles. The Labute approximate surface area is 127 Å². The summed E-state index contributed by atoms with van der Waals surface area (Å²) in [5.41, 5.74) is 0. The average Bonchev–Trinajstić information content (AvgIpc) is 2.48. The first kappa shape index (κ1) is 16.3. The van der Waals surface area contributed by atoms with Crippen molar-refractivity contribution in [3.63, 3.8) is 0 Å². The summed E-state index contributed by atoms with van der Waals surface area (Å²) in [6.45, 7) is 5.12. The van der Waals surface area contributed by atoms with E-state index in [1.165, 1.54) is 19.3 Å². The van der Waals surface area contributed by atoms with Gasteiger partial charge in [0.2, 0.25) is 5.91 Å². The fourth-order valence-corrected chi connectivity index (χ4v) is 3.67. The molecule has 5 heteroatoms. The van der Waals surface area contributed by atoms with E-state index in [0.29, 0.717) is 12.8 Å². The molecule has 0 bridgehead atoms. The predicted octanol–water partition coefficient (Wildman–Crippen LogP) is 1.87. The summed E-state index contributed by atoms with van der Waals surface area (Å²) < 4.78 is 0. The summed E-state index contributed by atoms with van der Waals surface area (Å²) in [6, 6.07) is 0.0898. The minimum atomic E-state index is -0.821. The van der Waals surface area contributed by atoms with E-state index in [-0.39, 0.29) is 17.9 Å². The van der Waals surface area contributed by atoms with Crippen molar-refractivity contribution < 1.29 is 14.7 Å². The largest absolute Gasteiger partial charge is 0.481 e. The Morgan fingerprint density at radius 2 is 1.71 bits per heavy atom. The molecule has 2 rings (SSSR count). The number of piperidine rings is 1. The number of nitrogens with one attached hydrogen (secondary N) is 1. The molecular formula is C16H28N2O3. The minimum absolute atomic E-state index is 0.0633. The molecule has 1 heterocycles. The summed E-state index contributed by atoms with van der Waals surface area (Å²) in [7, 11) is 0. The SMILES string of the molecule is CC(CN1CCCCC1)NC(=O)[C@@H]1CCCC[C@@H]1C(=O)O. The van der Waals surface area contributed by atoms with E-state index in [0.717, 1.165) is 32.5 Å². The molecule has 1 amide bonds. The maximum Gasteiger partial charge on any atom is 0.307 e. The van der Waals surface area contributed by atoms with Crippen LogP contribution >= 0.6 is 0 Å². The van der Waals surface area contributed by atoms with Gasteiger partial charge in [0.1, 0.15) is 0 Å². The molecule has 1 aliphatic carbocycles. The maximum absolute atomic E-state index is 12.4. The van der Waals surface area contributed by atoms with Gasteiger partial charge in [-0.05, 0) is 45.7 Å². The van der Waals surface area contributed by atoms with E-state index in [1.807, 2.05) is 6.92 Å². The molecule has 1 saturated carbocycles. The van der Waals surface area contributed by atoms with Crippen LogP contribution in [0.4, 0.5) is 0 Å². The van der Waals surface area contributed by atoms with Crippen molar-refractivity contribution >= 4 is 11.9 Å². The van der Waals surface area contributed by atoms with Crippen molar-refractivity contribution in [2.24, 2.45) is 11.8 Å². The Balaban J connectivity index is 1.82. The number of carboxylic acids is 1. The number of likely N-dealkylation sites (tertiary alicyclic amines) is 1. The van der Waals surface area contributed by atoms with Gasteiger partial charge in [-0.25, -0.2) is 0 Å². The Kier molecular flexibility index (Phi) is 6.03. The number of amides is 1. The molecule has 0 aromatic heterocycles. The lowest BCUT2D eigenvalue weighted by molar-refractivity contribution is -0.149. The van der Waals surface area contributed by atoms with E-state index in [4.69, 9.17) is 0 Å². The van der Waals surface area contributed by atoms with E-state index < -0.39 is 11.9 Å². The minimum Gasteiger partial charge on any atom is -0.481 e. The average molecular weight is 296 g/mol. The Hall–Kier alpha value is -1.10. The highest BCUT2D eigenvalue weighted by Gasteiger charge is 2.36. The fourth-order valence-electron chi connectivity index (χ4n) is 3.67. The first-order valence-corrected chi connectivity index (χ1v) is 8.33. The molecule has 1 aliphatic heterocycles. The number of nitrogens with zero attached hydrogens (tertiary/aromatic N) is 1. The van der Waals surface area contributed by atoms with Crippen molar-refractivity contribution in [2.45, 2.75) is 57.9 Å². The van der Waals surface area contributed by atoms with E-state index in [1.54, 1.807) is 0 Å². The highest BCUT2D eigenvalue weighted by molar-refractivity contribution is 5.85. The molecule has 5 nitrogen and oxygen atoms in total. The smallest absolute Gasteiger partial charge is 0.307 e. The summed E-state index contributed by atoms with van der Waals surface area (Å²) in [5.74, 6) is -1.73. The van der Waals surface area contributed by atoms with Crippen LogP contribution < -0.4 is 5.32 Å². The molecular weight excluding hydrogens is 268 g/mol. The fraction of sp³-hybridized carbons (Fsp3) is 0.875. The van der Waals surface area contributed by atoms with Crippen LogP contribution in [0.5, 0.6) is 0 Å². The molecule has 2 N–H and O–H groups in total. The standard InChI is InChI=1S/C16H28N2O3/c1-12(11-18-9-5-2-6-10-18)17-15(19)13-7-3-4-8-14(13)16(20)21/h12-14H,2-11H2,1H3,(H,17,19)(H,20,21)/t12?,13-,14+/m1/s1. The van der Waals surface area contributed by atoms with E-state index in [9.17, 15) is 14.7 Å². The third kappa shape index (κ3) is 4.70. The molecule has 1 unspecified atom stereocenters. The maximum atomic E-state index is 12.4. The molecule has 2 fully saturated rings. The summed E-state index contributed by atoms with van der Waals surface area (Å²) in [4.78, 5) is 26.0. The van der Waals surface area contributed by atoms with Crippen molar-refractivity contribution in [2.75, 3.05) is 19.6 Å². The van der Waals surface area contributed by atoms with Crippen molar-refractivity contribution in [1.82, 2.24) is 10.2 Å². The van der Waals surface area contributed by atoms with Crippen molar-refractivity contribution in [3.05, 3.63) is 0 Å². The lowest BCUT2D eigenvalue weighted by Gasteiger charge is -2.32. The van der Waals surface area contributed by atoms with Crippen LogP contribution in [0.1, 0.15) is 51.9 Å².